The van der Waals surface area contributed by atoms with Crippen LogP contribution in [-0.2, 0) is 0 Å². The monoisotopic (exact) mass is 482 g/mol. The van der Waals surface area contributed by atoms with Crippen molar-refractivity contribution in [1.82, 2.24) is 0 Å². The van der Waals surface area contributed by atoms with Crippen LogP contribution in [0.1, 0.15) is 41.4 Å². The van der Waals surface area contributed by atoms with E-state index in [9.17, 15) is 24.3 Å². The first-order valence-corrected chi connectivity index (χ1v) is 10.7. The first kappa shape index (κ1) is 23.9. The van der Waals surface area contributed by atoms with Gasteiger partial charge < -0.3 is 19.3 Å². The Kier molecular flexibility index (Phi) is 7.17. The molecule has 0 fully saturated rings. The Morgan fingerprint density at radius 3 is 1.17 bits per heavy atom. The van der Waals surface area contributed by atoms with Crippen molar-refractivity contribution < 1.29 is 38.5 Å². The topological polar surface area (TPSA) is 116 Å². The molecule has 0 atom stereocenters. The highest BCUT2D eigenvalue weighted by Gasteiger charge is 2.33. The summed E-state index contributed by atoms with van der Waals surface area (Å²) >= 11 is 0. The largest absolute Gasteiger partial charge is 0.478 e. The molecule has 1 N–H and O–H groups in total. The number of hydrogen-bond acceptors (Lipinski definition) is 7. The van der Waals surface area contributed by atoms with E-state index in [0.717, 1.165) is 12.1 Å². The summed E-state index contributed by atoms with van der Waals surface area (Å²) in [5.41, 5.74) is -2.16. The van der Waals surface area contributed by atoms with Gasteiger partial charge in [0.25, 0.3) is 0 Å². The standard InChI is InChI=1S/C28H18O8/c29-25(30)21-16-17-22(26(31)34-18-10-4-1-5-11-18)24(28(33)36-20-14-8-3-9-15-20)23(21)27(32)35-19-12-6-2-7-13-19/h1-17H,(H,29,30). The molecule has 0 heterocycles. The highest BCUT2D eigenvalue weighted by molar-refractivity contribution is 6.15. The Balaban J connectivity index is 1.84. The van der Waals surface area contributed by atoms with Crippen LogP contribution in [0.2, 0.25) is 0 Å². The molecule has 0 spiro atoms. The third-order valence-corrected chi connectivity index (χ3v) is 4.93. The summed E-state index contributed by atoms with van der Waals surface area (Å²) in [6, 6.07) is 26.0. The third kappa shape index (κ3) is 5.45. The zero-order chi connectivity index (χ0) is 25.5. The summed E-state index contributed by atoms with van der Waals surface area (Å²) in [6.45, 7) is 0. The van der Waals surface area contributed by atoms with E-state index in [1.165, 1.54) is 36.4 Å². The minimum atomic E-state index is -1.51. The second kappa shape index (κ2) is 10.8. The molecule has 4 rings (SSSR count). The van der Waals surface area contributed by atoms with Crippen LogP contribution < -0.4 is 14.2 Å². The van der Waals surface area contributed by atoms with Gasteiger partial charge in [0.2, 0.25) is 0 Å². The number of carbonyl (C=O) groups excluding carboxylic acids is 3. The molecule has 0 aliphatic rings. The van der Waals surface area contributed by atoms with Crippen molar-refractivity contribution in [2.45, 2.75) is 0 Å². The first-order valence-electron chi connectivity index (χ1n) is 10.7. The van der Waals surface area contributed by atoms with Gasteiger partial charge >= 0.3 is 23.9 Å². The average molecular weight is 482 g/mol. The number of ether oxygens (including phenoxy) is 3. The highest BCUT2D eigenvalue weighted by atomic mass is 16.5. The second-order valence-corrected chi connectivity index (χ2v) is 7.32. The van der Waals surface area contributed by atoms with E-state index < -0.39 is 40.6 Å². The first-order chi connectivity index (χ1) is 17.4. The van der Waals surface area contributed by atoms with Gasteiger partial charge in [-0.25, -0.2) is 19.2 Å². The maximum atomic E-state index is 13.3. The maximum Gasteiger partial charge on any atom is 0.345 e. The summed E-state index contributed by atoms with van der Waals surface area (Å²) in [7, 11) is 0. The number of esters is 3. The van der Waals surface area contributed by atoms with Crippen LogP contribution in [0.4, 0.5) is 0 Å². The molecule has 4 aromatic carbocycles. The van der Waals surface area contributed by atoms with Gasteiger partial charge in [-0.05, 0) is 48.5 Å². The molecule has 0 bridgehead atoms. The Morgan fingerprint density at radius 1 is 0.444 bits per heavy atom. The summed E-state index contributed by atoms with van der Waals surface area (Å²) in [6.07, 6.45) is 0. The Hall–Kier alpha value is -5.24. The van der Waals surface area contributed by atoms with Crippen molar-refractivity contribution in [3.8, 4) is 17.2 Å². The third-order valence-electron chi connectivity index (χ3n) is 4.93. The molecule has 0 aliphatic carbocycles. The van der Waals surface area contributed by atoms with Gasteiger partial charge in [0, 0.05) is 0 Å². The lowest BCUT2D eigenvalue weighted by Gasteiger charge is -2.15. The van der Waals surface area contributed by atoms with Crippen molar-refractivity contribution in [2.24, 2.45) is 0 Å². The van der Waals surface area contributed by atoms with E-state index in [2.05, 4.69) is 0 Å². The van der Waals surface area contributed by atoms with Gasteiger partial charge in [-0.15, -0.1) is 0 Å². The molecule has 0 saturated heterocycles. The van der Waals surface area contributed by atoms with Crippen molar-refractivity contribution in [2.75, 3.05) is 0 Å². The van der Waals surface area contributed by atoms with Crippen molar-refractivity contribution in [1.29, 1.82) is 0 Å². The normalized spacial score (nSPS) is 10.2. The fourth-order valence-electron chi connectivity index (χ4n) is 3.32. The fourth-order valence-corrected chi connectivity index (χ4v) is 3.32. The Bertz CT molecular complexity index is 1410. The summed E-state index contributed by atoms with van der Waals surface area (Å²) < 4.78 is 16.0. The van der Waals surface area contributed by atoms with Crippen LogP contribution >= 0.6 is 0 Å². The van der Waals surface area contributed by atoms with Crippen LogP contribution in [0, 0.1) is 0 Å². The summed E-state index contributed by atoms with van der Waals surface area (Å²) in [5.74, 6) is -4.39. The highest BCUT2D eigenvalue weighted by Crippen LogP contribution is 2.26. The van der Waals surface area contributed by atoms with Crippen molar-refractivity contribution in [3.05, 3.63) is 125 Å². The van der Waals surface area contributed by atoms with Gasteiger partial charge in [-0.2, -0.15) is 0 Å². The van der Waals surface area contributed by atoms with Crippen molar-refractivity contribution in [3.63, 3.8) is 0 Å². The number of carbonyl (C=O) groups is 4. The molecule has 8 nitrogen and oxygen atoms in total. The van der Waals surface area contributed by atoms with Crippen LogP contribution in [0.5, 0.6) is 17.2 Å². The molecule has 0 radical (unpaired) electrons. The Morgan fingerprint density at radius 2 is 0.778 bits per heavy atom. The molecular formula is C28H18O8. The predicted octanol–water partition coefficient (Wildman–Crippen LogP) is 5.04. The SMILES string of the molecule is O=C(O)c1ccc(C(=O)Oc2ccccc2)c(C(=O)Oc2ccccc2)c1C(=O)Oc1ccccc1. The molecule has 0 aliphatic heterocycles. The van der Waals surface area contributed by atoms with E-state index in [4.69, 9.17) is 14.2 Å². The molecule has 36 heavy (non-hydrogen) atoms. The number of hydrogen-bond donors (Lipinski definition) is 1. The molecule has 0 amide bonds. The average Bonchev–Trinajstić information content (AvgIpc) is 2.89. The number of carboxylic acids is 1. The Labute approximate surface area is 205 Å². The molecular weight excluding hydrogens is 464 g/mol. The smallest absolute Gasteiger partial charge is 0.345 e. The van der Waals surface area contributed by atoms with E-state index in [-0.39, 0.29) is 22.8 Å². The maximum absolute atomic E-state index is 13.3. The van der Waals surface area contributed by atoms with E-state index in [1.54, 1.807) is 54.6 Å². The van der Waals surface area contributed by atoms with Gasteiger partial charge in [-0.3, -0.25) is 0 Å². The number of aromatic carboxylic acids is 1. The molecule has 8 heteroatoms. The summed E-state index contributed by atoms with van der Waals surface area (Å²) in [4.78, 5) is 51.6. The van der Waals surface area contributed by atoms with Crippen molar-refractivity contribution >= 4 is 23.9 Å². The number of benzene rings is 4. The lowest BCUT2D eigenvalue weighted by Crippen LogP contribution is -2.25. The van der Waals surface area contributed by atoms with Crippen LogP contribution in [0.15, 0.2) is 103 Å². The minimum Gasteiger partial charge on any atom is -0.478 e. The number of carboxylic acid groups (broad SMARTS) is 1. The van der Waals surface area contributed by atoms with Crippen LogP contribution in [0.25, 0.3) is 0 Å². The van der Waals surface area contributed by atoms with E-state index in [1.807, 2.05) is 0 Å². The van der Waals surface area contributed by atoms with Gasteiger partial charge in [0.1, 0.15) is 17.2 Å². The van der Waals surface area contributed by atoms with Crippen LogP contribution in [-0.4, -0.2) is 29.0 Å². The molecule has 0 saturated carbocycles. The molecule has 0 unspecified atom stereocenters. The zero-order valence-corrected chi connectivity index (χ0v) is 18.6. The fraction of sp³-hybridized carbons (Fsp3) is 0. The van der Waals surface area contributed by atoms with Gasteiger partial charge in [-0.1, -0.05) is 54.6 Å². The van der Waals surface area contributed by atoms with E-state index >= 15 is 0 Å². The van der Waals surface area contributed by atoms with Gasteiger partial charge in [0.05, 0.1) is 22.3 Å². The van der Waals surface area contributed by atoms with Crippen LogP contribution in [0.3, 0.4) is 0 Å². The lowest BCUT2D eigenvalue weighted by molar-refractivity contribution is 0.0650. The van der Waals surface area contributed by atoms with Gasteiger partial charge in [0.15, 0.2) is 0 Å². The number of para-hydroxylation sites is 3. The molecule has 178 valence electrons. The molecule has 4 aromatic rings. The predicted molar refractivity (Wildman–Crippen MR) is 128 cm³/mol. The number of rotatable bonds is 7. The van der Waals surface area contributed by atoms with E-state index in [0.29, 0.717) is 0 Å². The summed E-state index contributed by atoms with van der Waals surface area (Å²) in [5, 5.41) is 9.77. The lowest BCUT2D eigenvalue weighted by atomic mass is 9.95. The molecule has 0 aromatic heterocycles. The second-order valence-electron chi connectivity index (χ2n) is 7.32. The quantitative estimate of drug-likeness (QED) is 0.288. The minimum absolute atomic E-state index is 0.110. The zero-order valence-electron chi connectivity index (χ0n) is 18.6.